The summed E-state index contributed by atoms with van der Waals surface area (Å²) in [6, 6.07) is 4.52. The molecule has 0 aliphatic heterocycles. The monoisotopic (exact) mass is 329 g/mol. The second-order valence-corrected chi connectivity index (χ2v) is 7.56. The molecule has 132 valence electrons. The smallest absolute Gasteiger partial charge is 0.126 e. The summed E-state index contributed by atoms with van der Waals surface area (Å²) in [6.45, 7) is 14.0. The first-order valence-electron chi connectivity index (χ1n) is 8.88. The van der Waals surface area contributed by atoms with Crippen LogP contribution in [0.25, 0.3) is 0 Å². The van der Waals surface area contributed by atoms with Crippen molar-refractivity contribution in [3.05, 3.63) is 40.7 Å². The average molecular weight is 329 g/mol. The molecular formula is C20H31N3O. The second kappa shape index (κ2) is 7.37. The van der Waals surface area contributed by atoms with E-state index in [1.807, 2.05) is 4.68 Å². The van der Waals surface area contributed by atoms with E-state index in [0.717, 1.165) is 30.8 Å². The van der Waals surface area contributed by atoms with Crippen LogP contribution in [0.15, 0.2) is 18.3 Å². The maximum Gasteiger partial charge on any atom is 0.126 e. The summed E-state index contributed by atoms with van der Waals surface area (Å²) in [5.74, 6) is 1.41. The molecule has 0 aliphatic rings. The Morgan fingerprint density at radius 2 is 1.92 bits per heavy atom. The largest absolute Gasteiger partial charge is 0.496 e. The minimum absolute atomic E-state index is 0.0513. The Morgan fingerprint density at radius 1 is 1.21 bits per heavy atom. The Bertz CT molecular complexity index is 683. The highest BCUT2D eigenvalue weighted by Gasteiger charge is 2.25. The van der Waals surface area contributed by atoms with E-state index in [1.165, 1.54) is 16.7 Å². The molecule has 0 radical (unpaired) electrons. The normalized spacial score (nSPS) is 13.1. The van der Waals surface area contributed by atoms with Crippen molar-refractivity contribution in [1.82, 2.24) is 15.0 Å². The van der Waals surface area contributed by atoms with Crippen molar-refractivity contribution < 1.29 is 4.74 Å². The fourth-order valence-electron chi connectivity index (χ4n) is 3.20. The zero-order valence-electron chi connectivity index (χ0n) is 16.2. The van der Waals surface area contributed by atoms with Crippen LogP contribution in [-0.2, 0) is 18.4 Å². The topological polar surface area (TPSA) is 39.9 Å². The van der Waals surface area contributed by atoms with Crippen LogP contribution in [0.5, 0.6) is 5.75 Å². The molecule has 4 nitrogen and oxygen atoms in total. The number of hydrogen-bond donors (Lipinski definition) is 0. The number of hydrogen-bond acceptors (Lipinski definition) is 3. The molecule has 1 unspecified atom stereocenters. The number of benzene rings is 1. The summed E-state index contributed by atoms with van der Waals surface area (Å²) < 4.78 is 7.75. The number of aromatic nitrogens is 3. The molecule has 4 heteroatoms. The van der Waals surface area contributed by atoms with Gasteiger partial charge in [0.05, 0.1) is 12.8 Å². The van der Waals surface area contributed by atoms with Crippen LogP contribution in [-0.4, -0.2) is 22.1 Å². The van der Waals surface area contributed by atoms with Gasteiger partial charge in [-0.1, -0.05) is 50.6 Å². The first kappa shape index (κ1) is 18.5. The number of rotatable bonds is 6. The van der Waals surface area contributed by atoms with Crippen LogP contribution in [0.2, 0.25) is 0 Å². The molecule has 1 heterocycles. The Hall–Kier alpha value is -1.84. The Balaban J connectivity index is 2.45. The average Bonchev–Trinajstić information content (AvgIpc) is 2.98. The van der Waals surface area contributed by atoms with E-state index in [9.17, 15) is 0 Å². The SMILES string of the molecule is CCC(Cc1cn(CC)nn1)c1cc(C)cc(C(C)(C)C)c1OC. The van der Waals surface area contributed by atoms with Crippen LogP contribution in [0.4, 0.5) is 0 Å². The molecule has 0 N–H and O–H groups in total. The molecule has 2 rings (SSSR count). The Morgan fingerprint density at radius 3 is 2.42 bits per heavy atom. The van der Waals surface area contributed by atoms with Crippen molar-refractivity contribution in [2.24, 2.45) is 0 Å². The van der Waals surface area contributed by atoms with Gasteiger partial charge in [-0.2, -0.15) is 0 Å². The predicted molar refractivity (Wildman–Crippen MR) is 98.9 cm³/mol. The van der Waals surface area contributed by atoms with E-state index in [4.69, 9.17) is 4.74 Å². The van der Waals surface area contributed by atoms with E-state index >= 15 is 0 Å². The van der Waals surface area contributed by atoms with E-state index in [2.05, 4.69) is 70.2 Å². The van der Waals surface area contributed by atoms with Crippen LogP contribution in [0, 0.1) is 6.92 Å². The first-order valence-corrected chi connectivity index (χ1v) is 8.88. The minimum atomic E-state index is 0.0513. The van der Waals surface area contributed by atoms with Crippen molar-refractivity contribution in [2.75, 3.05) is 7.11 Å². The zero-order valence-corrected chi connectivity index (χ0v) is 16.2. The molecule has 0 spiro atoms. The molecule has 0 bridgehead atoms. The van der Waals surface area contributed by atoms with E-state index in [0.29, 0.717) is 5.92 Å². The highest BCUT2D eigenvalue weighted by molar-refractivity contribution is 5.49. The van der Waals surface area contributed by atoms with Gasteiger partial charge in [-0.15, -0.1) is 5.10 Å². The van der Waals surface area contributed by atoms with Gasteiger partial charge in [-0.3, -0.25) is 4.68 Å². The molecule has 0 saturated carbocycles. The summed E-state index contributed by atoms with van der Waals surface area (Å²) in [5, 5.41) is 8.49. The van der Waals surface area contributed by atoms with Gasteiger partial charge < -0.3 is 4.74 Å². The lowest BCUT2D eigenvalue weighted by atomic mass is 9.81. The molecule has 0 saturated heterocycles. The van der Waals surface area contributed by atoms with Gasteiger partial charge in [0.15, 0.2) is 0 Å². The summed E-state index contributed by atoms with van der Waals surface area (Å²) in [4.78, 5) is 0. The van der Waals surface area contributed by atoms with Gasteiger partial charge in [0.2, 0.25) is 0 Å². The lowest BCUT2D eigenvalue weighted by Crippen LogP contribution is -2.16. The van der Waals surface area contributed by atoms with Crippen LogP contribution in [0.1, 0.15) is 69.3 Å². The molecule has 0 aliphatic carbocycles. The Labute approximate surface area is 146 Å². The summed E-state index contributed by atoms with van der Waals surface area (Å²) in [7, 11) is 1.78. The molecule has 0 fully saturated rings. The van der Waals surface area contributed by atoms with Crippen LogP contribution < -0.4 is 4.74 Å². The fraction of sp³-hybridized carbons (Fsp3) is 0.600. The van der Waals surface area contributed by atoms with Gasteiger partial charge in [-0.05, 0) is 37.2 Å². The molecule has 2 aromatic rings. The lowest BCUT2D eigenvalue weighted by Gasteiger charge is -2.27. The number of ether oxygens (including phenoxy) is 1. The molecule has 1 atom stereocenters. The minimum Gasteiger partial charge on any atom is -0.496 e. The van der Waals surface area contributed by atoms with Crippen LogP contribution >= 0.6 is 0 Å². The van der Waals surface area contributed by atoms with Gasteiger partial charge >= 0.3 is 0 Å². The summed E-state index contributed by atoms with van der Waals surface area (Å²) in [6.07, 6.45) is 3.98. The maximum absolute atomic E-state index is 5.86. The summed E-state index contributed by atoms with van der Waals surface area (Å²) >= 11 is 0. The lowest BCUT2D eigenvalue weighted by molar-refractivity contribution is 0.387. The highest BCUT2D eigenvalue weighted by atomic mass is 16.5. The molecule has 1 aromatic carbocycles. The third kappa shape index (κ3) is 3.97. The van der Waals surface area contributed by atoms with Crippen molar-refractivity contribution in [2.45, 2.75) is 72.3 Å². The molecule has 24 heavy (non-hydrogen) atoms. The molecular weight excluding hydrogens is 298 g/mol. The van der Waals surface area contributed by atoms with Gasteiger partial charge in [-0.25, -0.2) is 0 Å². The Kier molecular flexibility index (Phi) is 5.68. The van der Waals surface area contributed by atoms with E-state index in [-0.39, 0.29) is 5.41 Å². The number of methoxy groups -OCH3 is 1. The van der Waals surface area contributed by atoms with Crippen LogP contribution in [0.3, 0.4) is 0 Å². The van der Waals surface area contributed by atoms with Gasteiger partial charge in [0, 0.05) is 24.7 Å². The second-order valence-electron chi connectivity index (χ2n) is 7.56. The number of nitrogens with zero attached hydrogens (tertiary/aromatic N) is 3. The van der Waals surface area contributed by atoms with Gasteiger partial charge in [0.25, 0.3) is 0 Å². The van der Waals surface area contributed by atoms with Crippen molar-refractivity contribution in [3.8, 4) is 5.75 Å². The summed E-state index contributed by atoms with van der Waals surface area (Å²) in [5.41, 5.74) is 4.94. The zero-order chi connectivity index (χ0) is 17.9. The first-order chi connectivity index (χ1) is 11.3. The standard InChI is InChI=1S/C20H31N3O/c1-8-15(12-16-13-23(9-2)22-21-16)17-10-14(3)11-18(19(17)24-7)20(4,5)6/h10-11,13,15H,8-9,12H2,1-7H3. The van der Waals surface area contributed by atoms with Crippen molar-refractivity contribution >= 4 is 0 Å². The number of aryl methyl sites for hydroxylation is 2. The molecule has 0 amide bonds. The highest BCUT2D eigenvalue weighted by Crippen LogP contribution is 2.40. The fourth-order valence-corrected chi connectivity index (χ4v) is 3.20. The van der Waals surface area contributed by atoms with Gasteiger partial charge in [0.1, 0.15) is 5.75 Å². The van der Waals surface area contributed by atoms with Crippen molar-refractivity contribution in [1.29, 1.82) is 0 Å². The molecule has 1 aromatic heterocycles. The maximum atomic E-state index is 5.86. The van der Waals surface area contributed by atoms with Crippen molar-refractivity contribution in [3.63, 3.8) is 0 Å². The van der Waals surface area contributed by atoms with E-state index in [1.54, 1.807) is 7.11 Å². The quantitative estimate of drug-likeness (QED) is 0.774. The third-order valence-corrected chi connectivity index (χ3v) is 4.57. The van der Waals surface area contributed by atoms with E-state index < -0.39 is 0 Å². The predicted octanol–water partition coefficient (Wildman–Crippen LogP) is 4.65. The third-order valence-electron chi connectivity index (χ3n) is 4.57.